The van der Waals surface area contributed by atoms with Gasteiger partial charge in [-0.2, -0.15) is 0 Å². The number of hydrogen-bond donors (Lipinski definition) is 0. The maximum absolute atomic E-state index is 13.4. The van der Waals surface area contributed by atoms with Crippen LogP contribution in [0.4, 0.5) is 22.0 Å². The highest BCUT2D eigenvalue weighted by Crippen LogP contribution is 2.32. The molecule has 0 N–H and O–H groups in total. The van der Waals surface area contributed by atoms with E-state index in [-0.39, 0.29) is 6.42 Å². The average molecular weight is 246 g/mol. The highest BCUT2D eigenvalue weighted by molar-refractivity contribution is 5.33. The predicted octanol–water partition coefficient (Wildman–Crippen LogP) is 3.98. The van der Waals surface area contributed by atoms with Gasteiger partial charge in [0.15, 0.2) is 23.3 Å². The molecule has 0 saturated heterocycles. The normalized spacial score (nSPS) is 18.8. The van der Waals surface area contributed by atoms with E-state index >= 15 is 0 Å². The van der Waals surface area contributed by atoms with Crippen molar-refractivity contribution in [3.63, 3.8) is 0 Å². The Morgan fingerprint density at radius 3 is 1.76 bits per heavy atom. The molecule has 0 radical (unpaired) electrons. The Balaban J connectivity index is 2.61. The van der Waals surface area contributed by atoms with E-state index in [1.54, 1.807) is 12.2 Å². The summed E-state index contributed by atoms with van der Waals surface area (Å²) in [5, 5.41) is 0. The van der Waals surface area contributed by atoms with Gasteiger partial charge < -0.3 is 0 Å². The molecule has 0 spiro atoms. The molecule has 0 saturated carbocycles. The highest BCUT2D eigenvalue weighted by atomic mass is 19.2. The molecular weight excluding hydrogens is 239 g/mol. The number of allylic oxidation sites excluding steroid dienone is 4. The zero-order valence-electron chi connectivity index (χ0n) is 8.48. The van der Waals surface area contributed by atoms with Gasteiger partial charge in [0.05, 0.1) is 0 Å². The summed E-state index contributed by atoms with van der Waals surface area (Å²) in [6.07, 6.45) is 6.35. The van der Waals surface area contributed by atoms with Gasteiger partial charge in [0.1, 0.15) is 0 Å². The molecule has 0 nitrogen and oxygen atoms in total. The zero-order valence-corrected chi connectivity index (χ0v) is 8.48. The van der Waals surface area contributed by atoms with E-state index in [0.29, 0.717) is 0 Å². The summed E-state index contributed by atoms with van der Waals surface area (Å²) in [6, 6.07) is 0. The van der Waals surface area contributed by atoms with Crippen LogP contribution in [0.15, 0.2) is 24.3 Å². The fraction of sp³-hybridized carbons (Fsp3) is 0.167. The first-order chi connectivity index (χ1) is 8.04. The van der Waals surface area contributed by atoms with Crippen LogP contribution in [0, 0.1) is 29.1 Å². The van der Waals surface area contributed by atoms with Crippen LogP contribution in [0.3, 0.4) is 0 Å². The van der Waals surface area contributed by atoms with Gasteiger partial charge in [0.25, 0.3) is 0 Å². The summed E-state index contributed by atoms with van der Waals surface area (Å²) >= 11 is 0. The van der Waals surface area contributed by atoms with Gasteiger partial charge in [-0.25, -0.2) is 22.0 Å². The minimum atomic E-state index is -2.13. The van der Waals surface area contributed by atoms with Crippen molar-refractivity contribution in [2.75, 3.05) is 0 Å². The summed E-state index contributed by atoms with van der Waals surface area (Å²) in [7, 11) is 0. The summed E-state index contributed by atoms with van der Waals surface area (Å²) in [4.78, 5) is 0. The molecule has 1 aromatic carbocycles. The summed E-state index contributed by atoms with van der Waals surface area (Å²) in [6.45, 7) is 0. The van der Waals surface area contributed by atoms with Crippen molar-refractivity contribution in [1.82, 2.24) is 0 Å². The maximum atomic E-state index is 13.4. The maximum Gasteiger partial charge on any atom is 0.200 e. The third-order valence-corrected chi connectivity index (χ3v) is 2.60. The smallest absolute Gasteiger partial charge is 0.200 e. The second-order valence-corrected chi connectivity index (χ2v) is 3.64. The third kappa shape index (κ3) is 1.85. The van der Waals surface area contributed by atoms with Crippen molar-refractivity contribution in [2.24, 2.45) is 0 Å². The number of hydrogen-bond acceptors (Lipinski definition) is 0. The number of benzene rings is 1. The molecule has 1 aliphatic rings. The van der Waals surface area contributed by atoms with Crippen LogP contribution >= 0.6 is 0 Å². The molecule has 0 aliphatic heterocycles. The first kappa shape index (κ1) is 11.8. The van der Waals surface area contributed by atoms with E-state index in [1.165, 1.54) is 12.2 Å². The second kappa shape index (κ2) is 4.31. The molecule has 0 aromatic heterocycles. The molecule has 1 unspecified atom stereocenters. The third-order valence-electron chi connectivity index (χ3n) is 2.60. The largest absolute Gasteiger partial charge is 0.203 e. The lowest BCUT2D eigenvalue weighted by Gasteiger charge is -2.16. The molecule has 0 amide bonds. The number of rotatable bonds is 1. The first-order valence-electron chi connectivity index (χ1n) is 4.88. The molecule has 1 aromatic rings. The van der Waals surface area contributed by atoms with Gasteiger partial charge in [-0.15, -0.1) is 0 Å². The molecule has 0 heterocycles. The lowest BCUT2D eigenvalue weighted by Crippen LogP contribution is -2.10. The highest BCUT2D eigenvalue weighted by Gasteiger charge is 2.29. The lowest BCUT2D eigenvalue weighted by atomic mass is 9.91. The lowest BCUT2D eigenvalue weighted by molar-refractivity contribution is 0.367. The summed E-state index contributed by atoms with van der Waals surface area (Å²) < 4.78 is 65.5. The molecule has 90 valence electrons. The Morgan fingerprint density at radius 1 is 0.765 bits per heavy atom. The quantitative estimate of drug-likeness (QED) is 0.399. The summed E-state index contributed by atoms with van der Waals surface area (Å²) in [5.41, 5.74) is -0.776. The van der Waals surface area contributed by atoms with Crippen LogP contribution in [-0.4, -0.2) is 0 Å². The van der Waals surface area contributed by atoms with Crippen molar-refractivity contribution < 1.29 is 22.0 Å². The van der Waals surface area contributed by atoms with Gasteiger partial charge in [-0.1, -0.05) is 24.3 Å². The minimum Gasteiger partial charge on any atom is -0.203 e. The molecule has 1 atom stereocenters. The average Bonchev–Trinajstić information content (AvgIpc) is 2.36. The standard InChI is InChI=1S/C12H7F5/c13-8-7(6-4-2-1-3-5-6)9(14)11(16)12(17)10(8)15/h1-4,6H,5H2. The van der Waals surface area contributed by atoms with Crippen molar-refractivity contribution in [3.8, 4) is 0 Å². The molecule has 0 fully saturated rings. The van der Waals surface area contributed by atoms with E-state index in [9.17, 15) is 22.0 Å². The fourth-order valence-electron chi connectivity index (χ4n) is 1.74. The van der Waals surface area contributed by atoms with E-state index in [0.717, 1.165) is 0 Å². The van der Waals surface area contributed by atoms with Gasteiger partial charge in [-0.3, -0.25) is 0 Å². The van der Waals surface area contributed by atoms with E-state index < -0.39 is 40.6 Å². The van der Waals surface area contributed by atoms with E-state index in [4.69, 9.17) is 0 Å². The van der Waals surface area contributed by atoms with Gasteiger partial charge in [0.2, 0.25) is 5.82 Å². The monoisotopic (exact) mass is 246 g/mol. The molecule has 17 heavy (non-hydrogen) atoms. The predicted molar refractivity (Wildman–Crippen MR) is 51.9 cm³/mol. The van der Waals surface area contributed by atoms with Gasteiger partial charge in [-0.05, 0) is 6.42 Å². The molecule has 1 aliphatic carbocycles. The Labute approximate surface area is 94.1 Å². The molecule has 5 heteroatoms. The summed E-state index contributed by atoms with van der Waals surface area (Å²) in [5.74, 6) is -10.3. The molecule has 0 bridgehead atoms. The van der Waals surface area contributed by atoms with Crippen LogP contribution in [0.25, 0.3) is 0 Å². The minimum absolute atomic E-state index is 0.203. The fourth-order valence-corrected chi connectivity index (χ4v) is 1.74. The van der Waals surface area contributed by atoms with E-state index in [2.05, 4.69) is 0 Å². The van der Waals surface area contributed by atoms with Crippen molar-refractivity contribution in [1.29, 1.82) is 0 Å². The zero-order chi connectivity index (χ0) is 12.6. The van der Waals surface area contributed by atoms with Crippen molar-refractivity contribution in [3.05, 3.63) is 59.0 Å². The van der Waals surface area contributed by atoms with Crippen LogP contribution < -0.4 is 0 Å². The van der Waals surface area contributed by atoms with Crippen LogP contribution in [0.2, 0.25) is 0 Å². The Hall–Kier alpha value is -1.65. The second-order valence-electron chi connectivity index (χ2n) is 3.64. The Morgan fingerprint density at radius 2 is 1.29 bits per heavy atom. The van der Waals surface area contributed by atoms with Crippen molar-refractivity contribution >= 4 is 0 Å². The SMILES string of the molecule is Fc1c(F)c(F)c(C2C=CC=CC2)c(F)c1F. The van der Waals surface area contributed by atoms with Crippen molar-refractivity contribution in [2.45, 2.75) is 12.3 Å². The van der Waals surface area contributed by atoms with Gasteiger partial charge >= 0.3 is 0 Å². The van der Waals surface area contributed by atoms with Crippen LogP contribution in [0.1, 0.15) is 17.9 Å². The molecular formula is C12H7F5. The topological polar surface area (TPSA) is 0 Å². The molecule has 2 rings (SSSR count). The van der Waals surface area contributed by atoms with Gasteiger partial charge in [0, 0.05) is 11.5 Å². The number of halogens is 5. The van der Waals surface area contributed by atoms with Crippen LogP contribution in [0.5, 0.6) is 0 Å². The van der Waals surface area contributed by atoms with E-state index in [1.807, 2.05) is 0 Å². The first-order valence-corrected chi connectivity index (χ1v) is 4.88. The Kier molecular flexibility index (Phi) is 3.00. The van der Waals surface area contributed by atoms with Crippen LogP contribution in [-0.2, 0) is 0 Å². The Bertz CT molecular complexity index is 487.